The zero-order valence-electron chi connectivity index (χ0n) is 18.1. The molecule has 1 fully saturated rings. The van der Waals surface area contributed by atoms with Crippen molar-refractivity contribution in [2.45, 2.75) is 32.4 Å². The Morgan fingerprint density at radius 3 is 2.56 bits per heavy atom. The van der Waals surface area contributed by atoms with Crippen LogP contribution >= 0.6 is 0 Å². The van der Waals surface area contributed by atoms with Crippen molar-refractivity contribution in [1.29, 1.82) is 0 Å². The van der Waals surface area contributed by atoms with E-state index in [9.17, 15) is 19.2 Å². The number of ether oxygens (including phenoxy) is 1. The van der Waals surface area contributed by atoms with Crippen molar-refractivity contribution >= 4 is 23.8 Å². The molecule has 9 heteroatoms. The SMILES string of the molecule is CCOC(=O)CCN(Cc1cccnc1)C(=O)CN1C(=O)NC(C)(c2ccccc2)C1=O. The van der Waals surface area contributed by atoms with Gasteiger partial charge in [0.15, 0.2) is 0 Å². The van der Waals surface area contributed by atoms with Gasteiger partial charge < -0.3 is 15.0 Å². The van der Waals surface area contributed by atoms with Crippen LogP contribution in [0.15, 0.2) is 54.9 Å². The summed E-state index contributed by atoms with van der Waals surface area (Å²) in [6.07, 6.45) is 3.23. The number of carbonyl (C=O) groups is 4. The van der Waals surface area contributed by atoms with E-state index in [0.717, 1.165) is 10.5 Å². The third-order valence-electron chi connectivity index (χ3n) is 5.26. The van der Waals surface area contributed by atoms with E-state index in [4.69, 9.17) is 4.74 Å². The highest BCUT2D eigenvalue weighted by molar-refractivity contribution is 6.09. The van der Waals surface area contributed by atoms with E-state index >= 15 is 0 Å². The van der Waals surface area contributed by atoms with Crippen LogP contribution < -0.4 is 5.32 Å². The molecule has 1 saturated heterocycles. The maximum atomic E-state index is 13.1. The van der Waals surface area contributed by atoms with Crippen molar-refractivity contribution in [3.8, 4) is 0 Å². The highest BCUT2D eigenvalue weighted by atomic mass is 16.5. The van der Waals surface area contributed by atoms with Gasteiger partial charge in [-0.05, 0) is 31.0 Å². The summed E-state index contributed by atoms with van der Waals surface area (Å²) in [5, 5.41) is 2.69. The van der Waals surface area contributed by atoms with Crippen molar-refractivity contribution < 1.29 is 23.9 Å². The minimum absolute atomic E-state index is 0.00170. The molecule has 0 bridgehead atoms. The quantitative estimate of drug-likeness (QED) is 0.473. The second-order valence-electron chi connectivity index (χ2n) is 7.54. The fourth-order valence-electron chi connectivity index (χ4n) is 3.51. The Kier molecular flexibility index (Phi) is 7.19. The summed E-state index contributed by atoms with van der Waals surface area (Å²) < 4.78 is 4.95. The predicted molar refractivity (Wildman–Crippen MR) is 115 cm³/mol. The molecule has 1 unspecified atom stereocenters. The smallest absolute Gasteiger partial charge is 0.325 e. The summed E-state index contributed by atoms with van der Waals surface area (Å²) in [6.45, 7) is 3.41. The average Bonchev–Trinajstić information content (AvgIpc) is 3.02. The number of urea groups is 1. The molecule has 1 aliphatic heterocycles. The molecule has 1 atom stereocenters. The Hall–Kier alpha value is -3.75. The molecule has 0 saturated carbocycles. The summed E-state index contributed by atoms with van der Waals surface area (Å²) >= 11 is 0. The van der Waals surface area contributed by atoms with Crippen molar-refractivity contribution in [1.82, 2.24) is 20.1 Å². The Bertz CT molecular complexity index is 982. The molecular weight excluding hydrogens is 412 g/mol. The van der Waals surface area contributed by atoms with E-state index < -0.39 is 35.9 Å². The molecule has 9 nitrogen and oxygen atoms in total. The van der Waals surface area contributed by atoms with Gasteiger partial charge >= 0.3 is 12.0 Å². The number of rotatable bonds is 9. The van der Waals surface area contributed by atoms with Crippen LogP contribution in [-0.2, 0) is 31.2 Å². The Morgan fingerprint density at radius 2 is 1.91 bits per heavy atom. The number of benzene rings is 1. The number of amides is 4. The van der Waals surface area contributed by atoms with E-state index in [1.165, 1.54) is 4.90 Å². The Labute approximate surface area is 186 Å². The number of hydrogen-bond acceptors (Lipinski definition) is 6. The molecule has 32 heavy (non-hydrogen) atoms. The van der Waals surface area contributed by atoms with E-state index in [1.807, 2.05) is 6.07 Å². The van der Waals surface area contributed by atoms with Gasteiger partial charge in [-0.25, -0.2) is 4.79 Å². The average molecular weight is 438 g/mol. The van der Waals surface area contributed by atoms with Gasteiger partial charge in [0.1, 0.15) is 12.1 Å². The monoisotopic (exact) mass is 438 g/mol. The van der Waals surface area contributed by atoms with Crippen LogP contribution in [-0.4, -0.2) is 58.3 Å². The van der Waals surface area contributed by atoms with Crippen LogP contribution in [0.25, 0.3) is 0 Å². The maximum Gasteiger partial charge on any atom is 0.325 e. The standard InChI is InChI=1S/C23H26N4O5/c1-3-32-20(29)11-13-26(15-17-8-7-12-24-14-17)19(28)16-27-21(30)23(2,25-22(27)31)18-9-5-4-6-10-18/h4-10,12,14H,3,11,13,15-16H2,1-2H3,(H,25,31). The minimum atomic E-state index is -1.25. The fraction of sp³-hybridized carbons (Fsp3) is 0.348. The number of esters is 1. The van der Waals surface area contributed by atoms with Crippen LogP contribution in [0.5, 0.6) is 0 Å². The lowest BCUT2D eigenvalue weighted by Gasteiger charge is -2.25. The first-order valence-corrected chi connectivity index (χ1v) is 10.4. The first kappa shape index (κ1) is 22.9. The molecule has 1 aromatic carbocycles. The predicted octanol–water partition coefficient (Wildman–Crippen LogP) is 1.83. The molecule has 1 aromatic heterocycles. The molecular formula is C23H26N4O5. The normalized spacial score (nSPS) is 17.8. The molecule has 3 rings (SSSR count). The van der Waals surface area contributed by atoms with E-state index in [0.29, 0.717) is 5.56 Å². The van der Waals surface area contributed by atoms with E-state index in [-0.39, 0.29) is 26.1 Å². The zero-order chi connectivity index (χ0) is 23.1. The largest absolute Gasteiger partial charge is 0.466 e. The topological polar surface area (TPSA) is 109 Å². The number of imide groups is 1. The molecule has 2 aromatic rings. The van der Waals surface area contributed by atoms with Crippen LogP contribution in [0.2, 0.25) is 0 Å². The van der Waals surface area contributed by atoms with Crippen molar-refractivity contribution in [2.75, 3.05) is 19.7 Å². The summed E-state index contributed by atoms with van der Waals surface area (Å²) in [5.74, 6) is -1.39. The number of nitrogens with zero attached hydrogens (tertiary/aromatic N) is 3. The van der Waals surface area contributed by atoms with Gasteiger partial charge in [0.25, 0.3) is 5.91 Å². The number of nitrogens with one attached hydrogen (secondary N) is 1. The number of carbonyl (C=O) groups excluding carboxylic acids is 4. The molecule has 1 aliphatic rings. The van der Waals surface area contributed by atoms with Crippen LogP contribution in [0.1, 0.15) is 31.4 Å². The second-order valence-corrected chi connectivity index (χ2v) is 7.54. The first-order chi connectivity index (χ1) is 15.3. The van der Waals surface area contributed by atoms with Crippen LogP contribution in [0, 0.1) is 0 Å². The summed E-state index contributed by atoms with van der Waals surface area (Å²) in [6, 6.07) is 11.8. The molecule has 0 spiro atoms. The van der Waals surface area contributed by atoms with Gasteiger partial charge in [-0.2, -0.15) is 0 Å². The zero-order valence-corrected chi connectivity index (χ0v) is 18.1. The van der Waals surface area contributed by atoms with Gasteiger partial charge in [0, 0.05) is 25.5 Å². The third-order valence-corrected chi connectivity index (χ3v) is 5.26. The minimum Gasteiger partial charge on any atom is -0.466 e. The van der Waals surface area contributed by atoms with Gasteiger partial charge in [-0.15, -0.1) is 0 Å². The van der Waals surface area contributed by atoms with Crippen molar-refractivity contribution in [2.24, 2.45) is 0 Å². The molecule has 1 N–H and O–H groups in total. The number of pyridine rings is 1. The van der Waals surface area contributed by atoms with Crippen LogP contribution in [0.4, 0.5) is 4.79 Å². The van der Waals surface area contributed by atoms with E-state index in [2.05, 4.69) is 10.3 Å². The molecule has 0 aliphatic carbocycles. The van der Waals surface area contributed by atoms with Gasteiger partial charge in [-0.1, -0.05) is 36.4 Å². The summed E-state index contributed by atoms with van der Waals surface area (Å²) in [4.78, 5) is 57.0. The number of aromatic nitrogens is 1. The third kappa shape index (κ3) is 5.11. The Balaban J connectivity index is 1.75. The number of hydrogen-bond donors (Lipinski definition) is 1. The fourth-order valence-corrected chi connectivity index (χ4v) is 3.51. The lowest BCUT2D eigenvalue weighted by Crippen LogP contribution is -2.45. The maximum absolute atomic E-state index is 13.1. The molecule has 168 valence electrons. The lowest BCUT2D eigenvalue weighted by molar-refractivity contribution is -0.145. The highest BCUT2D eigenvalue weighted by Gasteiger charge is 2.49. The Morgan fingerprint density at radius 1 is 1.16 bits per heavy atom. The van der Waals surface area contributed by atoms with E-state index in [1.54, 1.807) is 62.6 Å². The van der Waals surface area contributed by atoms with Crippen molar-refractivity contribution in [3.05, 3.63) is 66.0 Å². The second kappa shape index (κ2) is 10.0. The van der Waals surface area contributed by atoms with Gasteiger partial charge in [0.2, 0.25) is 5.91 Å². The first-order valence-electron chi connectivity index (χ1n) is 10.4. The van der Waals surface area contributed by atoms with Crippen molar-refractivity contribution in [3.63, 3.8) is 0 Å². The summed E-state index contributed by atoms with van der Waals surface area (Å²) in [5.41, 5.74) is 0.136. The van der Waals surface area contributed by atoms with Gasteiger partial charge in [0.05, 0.1) is 13.0 Å². The van der Waals surface area contributed by atoms with Crippen LogP contribution in [0.3, 0.4) is 0 Å². The summed E-state index contributed by atoms with van der Waals surface area (Å²) in [7, 11) is 0. The lowest BCUT2D eigenvalue weighted by atomic mass is 9.92. The molecule has 4 amide bonds. The molecule has 2 heterocycles. The van der Waals surface area contributed by atoms with Gasteiger partial charge in [-0.3, -0.25) is 24.3 Å². The molecule has 0 radical (unpaired) electrons. The highest BCUT2D eigenvalue weighted by Crippen LogP contribution is 2.28.